The van der Waals surface area contributed by atoms with Crippen LogP contribution in [0.2, 0.25) is 0 Å². The molecule has 0 bridgehead atoms. The van der Waals surface area contributed by atoms with Crippen LogP contribution in [0.25, 0.3) is 10.8 Å². The van der Waals surface area contributed by atoms with Crippen molar-refractivity contribution in [2.24, 2.45) is 5.92 Å². The predicted octanol–water partition coefficient (Wildman–Crippen LogP) is 1.09. The largest absolute Gasteiger partial charge is 0.496 e. The zero-order valence-electron chi connectivity index (χ0n) is 21.7. The SMILES string of the molecule is C=C[C@@H]1C[C@]1(NC(=O)[C@@H]1CC(Oc2nc(N(C)C)cc3c(OC)cccc23)CN1)C(=O)NS(=O)(=O)C1CC1. The first-order chi connectivity index (χ1) is 18.1. The lowest BCUT2D eigenvalue weighted by Gasteiger charge is -2.21. The van der Waals surface area contributed by atoms with Crippen LogP contribution in [-0.2, 0) is 19.6 Å². The van der Waals surface area contributed by atoms with E-state index in [4.69, 9.17) is 9.47 Å². The number of nitrogens with zero attached hydrogens (tertiary/aromatic N) is 2. The van der Waals surface area contributed by atoms with Crippen molar-refractivity contribution in [3.8, 4) is 11.6 Å². The maximum absolute atomic E-state index is 13.2. The Hall–Kier alpha value is -3.38. The quantitative estimate of drug-likeness (QED) is 0.376. The summed E-state index contributed by atoms with van der Waals surface area (Å²) in [6.07, 6.45) is 2.95. The van der Waals surface area contributed by atoms with Gasteiger partial charge < -0.3 is 25.0 Å². The average molecular weight is 544 g/mol. The summed E-state index contributed by atoms with van der Waals surface area (Å²) in [4.78, 5) is 32.7. The molecule has 3 fully saturated rings. The van der Waals surface area contributed by atoms with Gasteiger partial charge in [-0.1, -0.05) is 12.1 Å². The van der Waals surface area contributed by atoms with Crippen molar-refractivity contribution in [2.45, 2.75) is 48.6 Å². The molecule has 4 atom stereocenters. The summed E-state index contributed by atoms with van der Waals surface area (Å²) < 4.78 is 38.6. The summed E-state index contributed by atoms with van der Waals surface area (Å²) in [5.41, 5.74) is -1.31. The van der Waals surface area contributed by atoms with Gasteiger partial charge in [-0.05, 0) is 37.5 Å². The summed E-state index contributed by atoms with van der Waals surface area (Å²) in [5, 5.41) is 7.08. The van der Waals surface area contributed by atoms with Crippen LogP contribution in [0.5, 0.6) is 11.6 Å². The molecule has 1 aliphatic heterocycles. The van der Waals surface area contributed by atoms with Crippen LogP contribution >= 0.6 is 0 Å². The molecule has 1 aromatic carbocycles. The van der Waals surface area contributed by atoms with Gasteiger partial charge in [0.05, 0.1) is 18.4 Å². The minimum Gasteiger partial charge on any atom is -0.496 e. The number of carbonyl (C=O) groups excluding carboxylic acids is 2. The Morgan fingerprint density at radius 1 is 1.26 bits per heavy atom. The van der Waals surface area contributed by atoms with Crippen molar-refractivity contribution in [3.63, 3.8) is 0 Å². The van der Waals surface area contributed by atoms with Crippen molar-refractivity contribution in [2.75, 3.05) is 32.6 Å². The molecule has 3 aliphatic rings. The van der Waals surface area contributed by atoms with E-state index in [0.717, 1.165) is 10.8 Å². The van der Waals surface area contributed by atoms with E-state index in [-0.39, 0.29) is 17.9 Å². The van der Waals surface area contributed by atoms with Gasteiger partial charge in [0, 0.05) is 43.8 Å². The molecule has 0 spiro atoms. The number of hydrogen-bond donors (Lipinski definition) is 3. The smallest absolute Gasteiger partial charge is 0.259 e. The molecule has 2 heterocycles. The number of benzene rings is 1. The number of pyridine rings is 1. The highest BCUT2D eigenvalue weighted by Gasteiger charge is 2.61. The maximum atomic E-state index is 13.2. The van der Waals surface area contributed by atoms with Crippen LogP contribution in [0, 0.1) is 5.92 Å². The molecule has 2 saturated carbocycles. The predicted molar refractivity (Wildman–Crippen MR) is 143 cm³/mol. The number of amides is 2. The lowest BCUT2D eigenvalue weighted by molar-refractivity contribution is -0.130. The highest BCUT2D eigenvalue weighted by Crippen LogP contribution is 2.45. The Morgan fingerprint density at radius 3 is 2.66 bits per heavy atom. The molecule has 5 rings (SSSR count). The third kappa shape index (κ3) is 4.90. The van der Waals surface area contributed by atoms with Gasteiger partial charge in [0.15, 0.2) is 0 Å². The van der Waals surface area contributed by atoms with E-state index < -0.39 is 32.8 Å². The number of nitrogens with one attached hydrogen (secondary N) is 3. The molecule has 0 radical (unpaired) electrons. The van der Waals surface area contributed by atoms with Crippen LogP contribution in [0.4, 0.5) is 5.82 Å². The van der Waals surface area contributed by atoms with E-state index in [0.29, 0.717) is 49.7 Å². The number of sulfonamides is 1. The van der Waals surface area contributed by atoms with Crippen molar-refractivity contribution in [1.29, 1.82) is 0 Å². The molecule has 2 amide bonds. The lowest BCUT2D eigenvalue weighted by Crippen LogP contribution is -2.55. The lowest BCUT2D eigenvalue weighted by atomic mass is 10.1. The highest BCUT2D eigenvalue weighted by atomic mass is 32.2. The number of rotatable bonds is 10. The first-order valence-corrected chi connectivity index (χ1v) is 14.2. The highest BCUT2D eigenvalue weighted by molar-refractivity contribution is 7.91. The van der Waals surface area contributed by atoms with Gasteiger partial charge in [-0.15, -0.1) is 6.58 Å². The molecule has 204 valence electrons. The summed E-state index contributed by atoms with van der Waals surface area (Å²) in [6.45, 7) is 4.13. The summed E-state index contributed by atoms with van der Waals surface area (Å²) in [5.74, 6) is 0.407. The maximum Gasteiger partial charge on any atom is 0.259 e. The third-order valence-electron chi connectivity index (χ3n) is 7.40. The van der Waals surface area contributed by atoms with Crippen molar-refractivity contribution in [3.05, 3.63) is 36.9 Å². The fourth-order valence-corrected chi connectivity index (χ4v) is 6.24. The number of anilines is 1. The summed E-state index contributed by atoms with van der Waals surface area (Å²) >= 11 is 0. The number of hydrogen-bond acceptors (Lipinski definition) is 9. The molecule has 1 unspecified atom stereocenters. The fraction of sp³-hybridized carbons (Fsp3) is 0.500. The molecular formula is C26H33N5O6S. The number of fused-ring (bicyclic) bond motifs is 1. The van der Waals surface area contributed by atoms with Crippen molar-refractivity contribution in [1.82, 2.24) is 20.3 Å². The Bertz CT molecular complexity index is 1390. The Kier molecular flexibility index (Phi) is 6.72. The molecule has 1 saturated heterocycles. The Morgan fingerprint density at radius 2 is 2.03 bits per heavy atom. The standard InChI is InChI=1S/C26H33N5O6S/c1-5-15-13-26(15,25(33)30-38(34,35)17-9-10-17)29-23(32)20-11-16(14-27-20)37-24-18-7-6-8-21(36-4)19(18)12-22(28-24)31(2)3/h5-8,12,15-17,20,27H,1,9-11,13-14H2,2-4H3,(H,29,32)(H,30,33)/t15-,16?,20+,26-/m1/s1. The van der Waals surface area contributed by atoms with Crippen molar-refractivity contribution >= 4 is 38.4 Å². The Labute approximate surface area is 222 Å². The van der Waals surface area contributed by atoms with E-state index in [1.807, 2.05) is 43.3 Å². The summed E-state index contributed by atoms with van der Waals surface area (Å²) in [7, 11) is 1.66. The summed E-state index contributed by atoms with van der Waals surface area (Å²) in [6, 6.07) is 6.97. The van der Waals surface area contributed by atoms with Gasteiger partial charge in [-0.3, -0.25) is 14.3 Å². The molecule has 2 aromatic rings. The van der Waals surface area contributed by atoms with Gasteiger partial charge in [0.2, 0.25) is 21.8 Å². The van der Waals surface area contributed by atoms with E-state index in [9.17, 15) is 18.0 Å². The molecule has 1 aromatic heterocycles. The molecule has 38 heavy (non-hydrogen) atoms. The van der Waals surface area contributed by atoms with Gasteiger partial charge in [-0.25, -0.2) is 8.42 Å². The second-order valence-corrected chi connectivity index (χ2v) is 12.3. The van der Waals surface area contributed by atoms with Gasteiger partial charge in [-0.2, -0.15) is 4.98 Å². The zero-order chi connectivity index (χ0) is 27.2. The molecule has 2 aliphatic carbocycles. The van der Waals surface area contributed by atoms with E-state index in [1.54, 1.807) is 13.2 Å². The normalized spacial score (nSPS) is 26.4. The minimum absolute atomic E-state index is 0.302. The number of aromatic nitrogens is 1. The second kappa shape index (κ2) is 9.73. The second-order valence-electron chi connectivity index (χ2n) is 10.4. The first-order valence-electron chi connectivity index (χ1n) is 12.6. The van der Waals surface area contributed by atoms with E-state index >= 15 is 0 Å². The topological polar surface area (TPSA) is 139 Å². The zero-order valence-corrected chi connectivity index (χ0v) is 22.5. The molecule has 11 nitrogen and oxygen atoms in total. The monoisotopic (exact) mass is 543 g/mol. The van der Waals surface area contributed by atoms with Crippen LogP contribution in [-0.4, -0.2) is 75.9 Å². The number of carbonyl (C=O) groups is 2. The minimum atomic E-state index is -3.73. The van der Waals surface area contributed by atoms with Gasteiger partial charge >= 0.3 is 0 Å². The van der Waals surface area contributed by atoms with Crippen LogP contribution in [0.3, 0.4) is 0 Å². The molecule has 12 heteroatoms. The number of methoxy groups -OCH3 is 1. The molecule has 3 N–H and O–H groups in total. The Balaban J connectivity index is 1.28. The van der Waals surface area contributed by atoms with Crippen LogP contribution < -0.4 is 29.7 Å². The average Bonchev–Trinajstić information content (AvgIpc) is 3.80. The number of ether oxygens (including phenoxy) is 2. The third-order valence-corrected chi connectivity index (χ3v) is 9.22. The van der Waals surface area contributed by atoms with Gasteiger partial charge in [0.1, 0.15) is 23.2 Å². The van der Waals surface area contributed by atoms with Crippen LogP contribution in [0.1, 0.15) is 25.7 Å². The molecular weight excluding hydrogens is 510 g/mol. The van der Waals surface area contributed by atoms with Crippen LogP contribution in [0.15, 0.2) is 36.9 Å². The van der Waals surface area contributed by atoms with Crippen molar-refractivity contribution < 1.29 is 27.5 Å². The van der Waals surface area contributed by atoms with Gasteiger partial charge in [0.25, 0.3) is 5.91 Å². The van der Waals surface area contributed by atoms with E-state index in [2.05, 4.69) is 26.9 Å². The first kappa shape index (κ1) is 26.2. The fourth-order valence-electron chi connectivity index (χ4n) is 4.88. The van der Waals surface area contributed by atoms with E-state index in [1.165, 1.54) is 0 Å².